The van der Waals surface area contributed by atoms with E-state index in [2.05, 4.69) is 17.2 Å². The summed E-state index contributed by atoms with van der Waals surface area (Å²) in [6.07, 6.45) is 13.0. The lowest BCUT2D eigenvalue weighted by atomic mass is 9.90. The molecule has 24 heavy (non-hydrogen) atoms. The lowest BCUT2D eigenvalue weighted by molar-refractivity contribution is -0.123. The topological polar surface area (TPSA) is 61.7 Å². The highest BCUT2D eigenvalue weighted by molar-refractivity contribution is 5.95. The van der Waals surface area contributed by atoms with Crippen molar-refractivity contribution in [3.63, 3.8) is 0 Å². The minimum absolute atomic E-state index is 0.0190. The number of aliphatic imine (C=N–C) groups is 1. The summed E-state index contributed by atoms with van der Waals surface area (Å²) in [5.41, 5.74) is 0.573. The first-order valence-electron chi connectivity index (χ1n) is 9.62. The van der Waals surface area contributed by atoms with Crippen molar-refractivity contribution in [3.8, 4) is 0 Å². The summed E-state index contributed by atoms with van der Waals surface area (Å²) < 4.78 is 0. The van der Waals surface area contributed by atoms with Crippen LogP contribution in [0.2, 0.25) is 0 Å². The smallest absolute Gasteiger partial charge is 0.221 e. The molecular weight excluding hydrogens is 300 g/mol. The van der Waals surface area contributed by atoms with E-state index in [1.165, 1.54) is 44.9 Å². The van der Waals surface area contributed by atoms with Gasteiger partial charge in [0.1, 0.15) is 5.60 Å². The first-order valence-corrected chi connectivity index (χ1v) is 9.62. The molecule has 0 aromatic carbocycles. The number of aliphatic hydroxyl groups is 1. The molecule has 0 aliphatic carbocycles. The van der Waals surface area contributed by atoms with Gasteiger partial charge in [-0.15, -0.1) is 0 Å². The van der Waals surface area contributed by atoms with Crippen molar-refractivity contribution in [1.82, 2.24) is 5.32 Å². The van der Waals surface area contributed by atoms with Crippen molar-refractivity contribution in [2.24, 2.45) is 4.99 Å². The van der Waals surface area contributed by atoms with Crippen molar-refractivity contribution < 1.29 is 9.90 Å². The third kappa shape index (κ3) is 7.16. The summed E-state index contributed by atoms with van der Waals surface area (Å²) in [5, 5.41) is 13.4. The number of rotatable bonds is 11. The van der Waals surface area contributed by atoms with Gasteiger partial charge in [-0.1, -0.05) is 58.3 Å². The maximum atomic E-state index is 12.1. The van der Waals surface area contributed by atoms with Crippen molar-refractivity contribution >= 4 is 11.6 Å². The Labute approximate surface area is 147 Å². The molecule has 1 aliphatic heterocycles. The van der Waals surface area contributed by atoms with Crippen LogP contribution in [0.15, 0.2) is 16.6 Å². The zero-order valence-electron chi connectivity index (χ0n) is 16.0. The van der Waals surface area contributed by atoms with E-state index in [9.17, 15) is 9.90 Å². The van der Waals surface area contributed by atoms with Crippen molar-refractivity contribution in [2.45, 2.75) is 104 Å². The average molecular weight is 337 g/mol. The first kappa shape index (κ1) is 20.9. The van der Waals surface area contributed by atoms with Gasteiger partial charge in [0.05, 0.1) is 0 Å². The monoisotopic (exact) mass is 336 g/mol. The zero-order chi connectivity index (χ0) is 18.0. The number of dihydropyridines is 1. The molecular formula is C20H36N2O2. The van der Waals surface area contributed by atoms with Crippen LogP contribution in [-0.4, -0.2) is 28.5 Å². The molecule has 0 saturated heterocycles. The first-order chi connectivity index (χ1) is 11.4. The van der Waals surface area contributed by atoms with E-state index < -0.39 is 11.8 Å². The number of nitrogens with zero attached hydrogens (tertiary/aromatic N) is 1. The Kier molecular flexibility index (Phi) is 9.27. The minimum atomic E-state index is -1.10. The number of allylic oxidation sites excluding steroid dienone is 1. The third-order valence-corrected chi connectivity index (χ3v) is 4.89. The summed E-state index contributed by atoms with van der Waals surface area (Å²) in [6.45, 7) is 7.70. The second-order valence-corrected chi connectivity index (χ2v) is 7.29. The Hall–Kier alpha value is -1.16. The number of nitrogens with one attached hydrogen (secondary N) is 1. The van der Waals surface area contributed by atoms with Gasteiger partial charge in [-0.05, 0) is 38.8 Å². The van der Waals surface area contributed by atoms with Crippen LogP contribution < -0.4 is 5.32 Å². The van der Waals surface area contributed by atoms with Gasteiger partial charge < -0.3 is 10.4 Å². The molecule has 0 aromatic rings. The molecule has 2 unspecified atom stereocenters. The summed E-state index contributed by atoms with van der Waals surface area (Å²) in [5.74, 6) is -0.0190. The van der Waals surface area contributed by atoms with Crippen molar-refractivity contribution in [3.05, 3.63) is 11.6 Å². The fourth-order valence-electron chi connectivity index (χ4n) is 3.04. The minimum Gasteiger partial charge on any atom is -0.382 e. The fraction of sp³-hybridized carbons (Fsp3) is 0.800. The van der Waals surface area contributed by atoms with Gasteiger partial charge in [0.2, 0.25) is 5.91 Å². The summed E-state index contributed by atoms with van der Waals surface area (Å²) in [6, 6.07) is 0. The zero-order valence-corrected chi connectivity index (χ0v) is 16.0. The van der Waals surface area contributed by atoms with Crippen LogP contribution in [0.25, 0.3) is 0 Å². The summed E-state index contributed by atoms with van der Waals surface area (Å²) in [4.78, 5) is 16.5. The normalized spacial score (nSPS) is 23.6. The van der Waals surface area contributed by atoms with Crippen molar-refractivity contribution in [2.75, 3.05) is 0 Å². The molecule has 4 heteroatoms. The van der Waals surface area contributed by atoms with Crippen LogP contribution in [-0.2, 0) is 4.79 Å². The second kappa shape index (κ2) is 10.7. The van der Waals surface area contributed by atoms with Crippen LogP contribution in [0.3, 0.4) is 0 Å². The van der Waals surface area contributed by atoms with Gasteiger partial charge in [-0.3, -0.25) is 9.79 Å². The maximum Gasteiger partial charge on any atom is 0.221 e. The molecule has 0 spiro atoms. The van der Waals surface area contributed by atoms with Gasteiger partial charge in [0.25, 0.3) is 0 Å². The Morgan fingerprint density at radius 1 is 1.12 bits per heavy atom. The molecule has 1 rings (SSSR count). The van der Waals surface area contributed by atoms with Crippen LogP contribution >= 0.6 is 0 Å². The van der Waals surface area contributed by atoms with Crippen molar-refractivity contribution in [1.29, 1.82) is 0 Å². The summed E-state index contributed by atoms with van der Waals surface area (Å²) >= 11 is 0. The molecule has 0 bridgehead atoms. The quantitative estimate of drug-likeness (QED) is 0.545. The van der Waals surface area contributed by atoms with Crippen LogP contribution in [0.4, 0.5) is 0 Å². The van der Waals surface area contributed by atoms with E-state index in [0.717, 1.165) is 24.1 Å². The molecule has 1 heterocycles. The van der Waals surface area contributed by atoms with E-state index in [0.29, 0.717) is 6.42 Å². The maximum absolute atomic E-state index is 12.1. The third-order valence-electron chi connectivity index (χ3n) is 4.89. The van der Waals surface area contributed by atoms with E-state index in [4.69, 9.17) is 0 Å². The predicted octanol–water partition coefficient (Wildman–Crippen LogP) is 4.52. The predicted molar refractivity (Wildman–Crippen MR) is 101 cm³/mol. The molecule has 0 saturated carbocycles. The molecule has 0 fully saturated rings. The number of hydrogen-bond donors (Lipinski definition) is 2. The lowest BCUT2D eigenvalue weighted by Gasteiger charge is -2.34. The number of unbranched alkanes of at least 4 members (excludes halogenated alkanes) is 8. The van der Waals surface area contributed by atoms with E-state index >= 15 is 0 Å². The average Bonchev–Trinajstić information content (AvgIpc) is 2.51. The lowest BCUT2D eigenvalue weighted by Crippen LogP contribution is -2.52. The molecule has 4 nitrogen and oxygen atoms in total. The Balaban J connectivity index is 2.17. The molecule has 0 radical (unpaired) electrons. The van der Waals surface area contributed by atoms with Crippen LogP contribution in [0, 0.1) is 0 Å². The molecule has 0 aromatic heterocycles. The molecule has 1 amide bonds. The standard InChI is InChI=1S/C20H36N2O2/c1-5-6-7-8-9-10-11-12-13-14-18(23)22-19-20(4,24)16(2)15-17(3)21-19/h15,19,24H,5-14H2,1-4H3,(H,22,23). The van der Waals surface area contributed by atoms with Gasteiger partial charge in [-0.25, -0.2) is 0 Å². The van der Waals surface area contributed by atoms with Gasteiger partial charge in [-0.2, -0.15) is 0 Å². The molecule has 2 atom stereocenters. The number of carbonyl (C=O) groups is 1. The number of carbonyl (C=O) groups excluding carboxylic acids is 1. The highest BCUT2D eigenvalue weighted by atomic mass is 16.3. The Morgan fingerprint density at radius 2 is 1.67 bits per heavy atom. The van der Waals surface area contributed by atoms with E-state index in [1.54, 1.807) is 6.92 Å². The van der Waals surface area contributed by atoms with Crippen LogP contribution in [0.5, 0.6) is 0 Å². The largest absolute Gasteiger partial charge is 0.382 e. The molecule has 138 valence electrons. The van der Waals surface area contributed by atoms with Crippen LogP contribution in [0.1, 0.15) is 91.9 Å². The van der Waals surface area contributed by atoms with Gasteiger partial charge in [0, 0.05) is 12.1 Å². The van der Waals surface area contributed by atoms with E-state index in [1.807, 2.05) is 19.9 Å². The second-order valence-electron chi connectivity index (χ2n) is 7.29. The molecule has 1 aliphatic rings. The highest BCUT2D eigenvalue weighted by Crippen LogP contribution is 2.25. The summed E-state index contributed by atoms with van der Waals surface area (Å²) in [7, 11) is 0. The fourth-order valence-corrected chi connectivity index (χ4v) is 3.04. The number of hydrogen-bond acceptors (Lipinski definition) is 3. The SMILES string of the molecule is CCCCCCCCCCCC(=O)NC1N=C(C)C=C(C)C1(C)O. The molecule has 2 N–H and O–H groups in total. The highest BCUT2D eigenvalue weighted by Gasteiger charge is 2.36. The Morgan fingerprint density at radius 3 is 2.25 bits per heavy atom. The number of amides is 1. The Bertz CT molecular complexity index is 453. The van der Waals surface area contributed by atoms with Gasteiger partial charge >= 0.3 is 0 Å². The van der Waals surface area contributed by atoms with E-state index in [-0.39, 0.29) is 5.91 Å². The van der Waals surface area contributed by atoms with Gasteiger partial charge in [0.15, 0.2) is 6.17 Å².